The van der Waals surface area contributed by atoms with Crippen molar-refractivity contribution in [2.24, 2.45) is 0 Å². The van der Waals surface area contributed by atoms with Crippen LogP contribution in [-0.2, 0) is 0 Å². The van der Waals surface area contributed by atoms with Crippen molar-refractivity contribution >= 4 is 11.3 Å². The molecule has 130 valence electrons. The first-order chi connectivity index (χ1) is 10.6. The third kappa shape index (κ3) is 5.68. The number of halogens is 1. The number of rotatable bonds is 4. The number of hydrogen-bond acceptors (Lipinski definition) is 4. The Morgan fingerprint density at radius 1 is 0.957 bits per heavy atom. The Balaban J connectivity index is 0.000000231. The first-order valence-corrected chi connectivity index (χ1v) is 9.02. The van der Waals surface area contributed by atoms with Crippen LogP contribution in [0.2, 0.25) is 0 Å². The predicted octanol–water partition coefficient (Wildman–Crippen LogP) is 5.51. The fourth-order valence-electron chi connectivity index (χ4n) is 1.74. The second-order valence-corrected chi connectivity index (χ2v) is 7.95. The van der Waals surface area contributed by atoms with E-state index < -0.39 is 0 Å². The van der Waals surface area contributed by atoms with Gasteiger partial charge in [0.05, 0.1) is 15.6 Å². The van der Waals surface area contributed by atoms with E-state index in [1.54, 1.807) is 0 Å². The van der Waals surface area contributed by atoms with Crippen LogP contribution in [0.1, 0.15) is 94.8 Å². The fourth-order valence-corrected chi connectivity index (χ4v) is 2.69. The molecule has 2 rings (SSSR count). The highest BCUT2D eigenvalue weighted by Gasteiger charge is 2.15. The van der Waals surface area contributed by atoms with Gasteiger partial charge in [0.15, 0.2) is 0 Å². The lowest BCUT2D eigenvalue weighted by molar-refractivity contribution is 0.514. The molecule has 0 bridgehead atoms. The Bertz CT molecular complexity index is 577. The van der Waals surface area contributed by atoms with Gasteiger partial charge >= 0.3 is 0 Å². The van der Waals surface area contributed by atoms with Gasteiger partial charge < -0.3 is 0 Å². The summed E-state index contributed by atoms with van der Waals surface area (Å²) < 4.78 is 15.0. The first-order valence-electron chi connectivity index (χ1n) is 8.21. The van der Waals surface area contributed by atoms with Crippen LogP contribution >= 0.6 is 11.3 Å². The second-order valence-electron chi connectivity index (χ2n) is 6.89. The van der Waals surface area contributed by atoms with E-state index in [1.807, 2.05) is 38.6 Å². The Hall–Kier alpha value is -1.30. The molecule has 23 heavy (non-hydrogen) atoms. The van der Waals surface area contributed by atoms with E-state index >= 15 is 0 Å². The zero-order valence-electron chi connectivity index (χ0n) is 15.5. The van der Waals surface area contributed by atoms with E-state index in [4.69, 9.17) is 0 Å². The van der Waals surface area contributed by atoms with E-state index in [0.717, 1.165) is 15.6 Å². The fraction of sp³-hybridized carbons (Fsp3) is 0.706. The summed E-state index contributed by atoms with van der Waals surface area (Å²) in [5.74, 6) is 0.771. The molecule has 0 aliphatic heterocycles. The average molecular weight is 341 g/mol. The van der Waals surface area contributed by atoms with Gasteiger partial charge in [0.25, 0.3) is 0 Å². The van der Waals surface area contributed by atoms with Crippen molar-refractivity contribution in [3.63, 3.8) is 0 Å². The van der Waals surface area contributed by atoms with Crippen molar-refractivity contribution in [1.29, 1.82) is 0 Å². The second kappa shape index (κ2) is 8.52. The van der Waals surface area contributed by atoms with Crippen LogP contribution in [-0.4, -0.2) is 20.0 Å². The Morgan fingerprint density at radius 3 is 1.83 bits per heavy atom. The van der Waals surface area contributed by atoms with Crippen LogP contribution < -0.4 is 0 Å². The Labute approximate surface area is 143 Å². The van der Waals surface area contributed by atoms with Gasteiger partial charge in [-0.2, -0.15) is 4.39 Å². The normalized spacial score (nSPS) is 11.5. The number of aromatic nitrogens is 4. The van der Waals surface area contributed by atoms with E-state index in [1.165, 1.54) is 11.3 Å². The molecule has 0 spiro atoms. The Morgan fingerprint density at radius 2 is 1.57 bits per heavy atom. The summed E-state index contributed by atoms with van der Waals surface area (Å²) in [7, 11) is 0. The van der Waals surface area contributed by atoms with Crippen molar-refractivity contribution in [1.82, 2.24) is 20.0 Å². The van der Waals surface area contributed by atoms with Crippen molar-refractivity contribution in [3.8, 4) is 0 Å². The van der Waals surface area contributed by atoms with Crippen LogP contribution in [0.15, 0.2) is 6.20 Å². The minimum absolute atomic E-state index is 0.245. The molecule has 4 nitrogen and oxygen atoms in total. The highest BCUT2D eigenvalue weighted by atomic mass is 32.1. The highest BCUT2D eigenvalue weighted by molar-refractivity contribution is 7.11. The monoisotopic (exact) mass is 340 g/mol. The summed E-state index contributed by atoms with van der Waals surface area (Å²) in [5.41, 5.74) is 1.07. The van der Waals surface area contributed by atoms with Crippen molar-refractivity contribution < 1.29 is 4.39 Å². The van der Waals surface area contributed by atoms with Gasteiger partial charge in [-0.25, -0.2) is 9.67 Å². The summed E-state index contributed by atoms with van der Waals surface area (Å²) in [6, 6.07) is 0.412. The van der Waals surface area contributed by atoms with Gasteiger partial charge in [-0.05, 0) is 25.7 Å². The van der Waals surface area contributed by atoms with Crippen molar-refractivity contribution in [3.05, 3.63) is 27.7 Å². The topological polar surface area (TPSA) is 43.6 Å². The molecule has 2 aromatic heterocycles. The number of nitrogens with zero attached hydrogens (tertiary/aromatic N) is 4. The summed E-state index contributed by atoms with van der Waals surface area (Å²) >= 11 is 1.49. The minimum Gasteiger partial charge on any atom is -0.250 e. The molecular formula is C17H29FN4S. The molecule has 0 fully saturated rings. The molecule has 0 saturated heterocycles. The molecule has 0 N–H and O–H groups in total. The van der Waals surface area contributed by atoms with E-state index in [-0.39, 0.29) is 11.9 Å². The van der Waals surface area contributed by atoms with Crippen LogP contribution in [0.5, 0.6) is 0 Å². The number of thiazole rings is 1. The molecule has 0 saturated carbocycles. The smallest absolute Gasteiger partial charge is 0.227 e. The Kier molecular flexibility index (Phi) is 7.32. The zero-order valence-corrected chi connectivity index (χ0v) is 16.3. The average Bonchev–Trinajstić information content (AvgIpc) is 3.05. The van der Waals surface area contributed by atoms with Crippen LogP contribution in [0.25, 0.3) is 0 Å². The van der Waals surface area contributed by atoms with Gasteiger partial charge in [-0.1, -0.05) is 46.8 Å². The molecule has 2 aromatic rings. The molecule has 0 aromatic carbocycles. The van der Waals surface area contributed by atoms with E-state index in [2.05, 4.69) is 43.0 Å². The molecular weight excluding hydrogens is 311 g/mol. The molecule has 6 heteroatoms. The van der Waals surface area contributed by atoms with Gasteiger partial charge in [0.2, 0.25) is 5.95 Å². The minimum atomic E-state index is -0.279. The van der Waals surface area contributed by atoms with E-state index in [9.17, 15) is 4.39 Å². The molecule has 0 atom stereocenters. The lowest BCUT2D eigenvalue weighted by atomic mass is 10.2. The third-order valence-electron chi connectivity index (χ3n) is 3.29. The van der Waals surface area contributed by atoms with Gasteiger partial charge in [0, 0.05) is 18.2 Å². The third-order valence-corrected chi connectivity index (χ3v) is 4.92. The molecule has 0 aliphatic carbocycles. The maximum absolute atomic E-state index is 13.1. The maximum atomic E-state index is 13.1. The molecule has 0 radical (unpaired) electrons. The quantitative estimate of drug-likeness (QED) is 0.737. The van der Waals surface area contributed by atoms with Crippen molar-refractivity contribution in [2.75, 3.05) is 0 Å². The molecule has 0 unspecified atom stereocenters. The van der Waals surface area contributed by atoms with E-state index in [0.29, 0.717) is 17.9 Å². The lowest BCUT2D eigenvalue weighted by Crippen LogP contribution is -2.00. The highest BCUT2D eigenvalue weighted by Crippen LogP contribution is 2.29. The van der Waals surface area contributed by atoms with Crippen LogP contribution in [0.3, 0.4) is 0 Å². The largest absolute Gasteiger partial charge is 0.250 e. The molecule has 2 heterocycles. The van der Waals surface area contributed by atoms with Crippen molar-refractivity contribution in [2.45, 2.75) is 79.2 Å². The molecule has 0 aliphatic rings. The summed E-state index contributed by atoms with van der Waals surface area (Å²) in [6.45, 7) is 16.5. The van der Waals surface area contributed by atoms with Gasteiger partial charge in [0.1, 0.15) is 0 Å². The van der Waals surface area contributed by atoms with Gasteiger partial charge in [-0.15, -0.1) is 16.4 Å². The maximum Gasteiger partial charge on any atom is 0.227 e. The zero-order chi connectivity index (χ0) is 17.7. The first kappa shape index (κ1) is 19.7. The summed E-state index contributed by atoms with van der Waals surface area (Å²) in [4.78, 5) is 4.66. The summed E-state index contributed by atoms with van der Waals surface area (Å²) in [6.07, 6.45) is 2.01. The lowest BCUT2D eigenvalue weighted by Gasteiger charge is -2.01. The SMILES string of the molecule is CC(C)c1cn(C(C)C)nn1.CC(C)c1nc(F)c(C(C)C)s1. The number of hydrogen-bond donors (Lipinski definition) is 0. The predicted molar refractivity (Wildman–Crippen MR) is 94.7 cm³/mol. The molecule has 0 amide bonds. The van der Waals surface area contributed by atoms with Crippen LogP contribution in [0.4, 0.5) is 4.39 Å². The standard InChI is InChI=1S/C9H14FNS.C8H15N3/c1-5(2)7-8(10)11-9(12-7)6(3)4;1-6(2)8-5-11(7(3)4)10-9-8/h5-6H,1-4H3;5-7H,1-4H3. The van der Waals surface area contributed by atoms with Gasteiger partial charge in [-0.3, -0.25) is 0 Å². The van der Waals surface area contributed by atoms with Crippen LogP contribution in [0, 0.1) is 5.95 Å². The summed E-state index contributed by atoms with van der Waals surface area (Å²) in [5, 5.41) is 8.95.